The van der Waals surface area contributed by atoms with Gasteiger partial charge in [0.2, 0.25) is 0 Å². The summed E-state index contributed by atoms with van der Waals surface area (Å²) in [5.74, 6) is 0. The third kappa shape index (κ3) is 2.30. The average molecular weight is 249 g/mol. The van der Waals surface area contributed by atoms with Gasteiger partial charge in [-0.1, -0.05) is 36.8 Å². The topological polar surface area (TPSA) is 32.7 Å². The fourth-order valence-corrected chi connectivity index (χ4v) is 3.01. The van der Waals surface area contributed by atoms with Gasteiger partial charge in [-0.15, -0.1) is 0 Å². The Labute approximate surface area is 109 Å². The molecule has 18 heavy (non-hydrogen) atoms. The summed E-state index contributed by atoms with van der Waals surface area (Å²) in [6.07, 6.45) is 3.04. The zero-order valence-electron chi connectivity index (χ0n) is 11.3. The number of piperidine rings is 1. The van der Waals surface area contributed by atoms with Crippen LogP contribution in [0.3, 0.4) is 0 Å². The molecule has 1 aromatic carbocycles. The Morgan fingerprint density at radius 3 is 2.28 bits per heavy atom. The molecular weight excluding hydrogens is 226 g/mol. The van der Waals surface area contributed by atoms with E-state index in [1.165, 1.54) is 19.3 Å². The second kappa shape index (κ2) is 5.83. The maximum Gasteiger partial charge on any atom is 0.173 e. The highest BCUT2D eigenvalue weighted by atomic mass is 16.5. The summed E-state index contributed by atoms with van der Waals surface area (Å²) in [5, 5.41) is 10.3. The van der Waals surface area contributed by atoms with E-state index in [0.717, 1.165) is 18.7 Å². The number of aliphatic hydroxyl groups excluding tert-OH is 1. The normalized spacial score (nSPS) is 22.4. The van der Waals surface area contributed by atoms with Crippen LogP contribution in [0.5, 0.6) is 0 Å². The predicted octanol–water partition coefficient (Wildman–Crippen LogP) is 2.35. The van der Waals surface area contributed by atoms with E-state index in [2.05, 4.69) is 4.90 Å². The van der Waals surface area contributed by atoms with Crippen LogP contribution in [-0.4, -0.2) is 36.3 Å². The van der Waals surface area contributed by atoms with E-state index in [0.29, 0.717) is 0 Å². The number of nitrogens with zero attached hydrogens (tertiary/aromatic N) is 1. The van der Waals surface area contributed by atoms with Gasteiger partial charge < -0.3 is 9.84 Å². The molecule has 0 amide bonds. The molecule has 0 spiro atoms. The van der Waals surface area contributed by atoms with Crippen molar-refractivity contribution in [2.75, 3.05) is 20.2 Å². The third-order valence-corrected chi connectivity index (χ3v) is 3.89. The van der Waals surface area contributed by atoms with E-state index in [-0.39, 0.29) is 0 Å². The average Bonchev–Trinajstić information content (AvgIpc) is 2.42. The molecule has 1 heterocycles. The smallest absolute Gasteiger partial charge is 0.173 e. The van der Waals surface area contributed by atoms with Gasteiger partial charge >= 0.3 is 0 Å². The number of hydrogen-bond donors (Lipinski definition) is 1. The molecule has 1 aliphatic rings. The lowest BCUT2D eigenvalue weighted by molar-refractivity contribution is -0.207. The summed E-state index contributed by atoms with van der Waals surface area (Å²) in [7, 11) is 1.69. The molecule has 3 nitrogen and oxygen atoms in total. The van der Waals surface area contributed by atoms with Crippen LogP contribution in [0.25, 0.3) is 0 Å². The van der Waals surface area contributed by atoms with E-state index in [1.807, 2.05) is 37.3 Å². The predicted molar refractivity (Wildman–Crippen MR) is 72.2 cm³/mol. The van der Waals surface area contributed by atoms with Gasteiger partial charge in [0.15, 0.2) is 5.72 Å². The van der Waals surface area contributed by atoms with Gasteiger partial charge in [0.1, 0.15) is 0 Å². The van der Waals surface area contributed by atoms with Crippen molar-refractivity contribution in [3.63, 3.8) is 0 Å². The summed E-state index contributed by atoms with van der Waals surface area (Å²) < 4.78 is 5.80. The summed E-state index contributed by atoms with van der Waals surface area (Å²) in [6.45, 7) is 3.77. The molecule has 3 heteroatoms. The zero-order valence-corrected chi connectivity index (χ0v) is 11.3. The highest BCUT2D eigenvalue weighted by Gasteiger charge is 2.43. The van der Waals surface area contributed by atoms with Crippen LogP contribution in [0, 0.1) is 0 Å². The molecule has 0 bridgehead atoms. The SMILES string of the molecule is COC(c1ccccc1)(C(C)O)N1CCCCC1. The highest BCUT2D eigenvalue weighted by molar-refractivity contribution is 5.23. The molecule has 1 aromatic rings. The zero-order chi connectivity index (χ0) is 13.0. The fraction of sp³-hybridized carbons (Fsp3) is 0.600. The summed E-state index contributed by atoms with van der Waals surface area (Å²) in [4.78, 5) is 2.27. The Balaban J connectivity index is 2.39. The van der Waals surface area contributed by atoms with Gasteiger partial charge in [0.05, 0.1) is 6.10 Å². The largest absolute Gasteiger partial charge is 0.389 e. The van der Waals surface area contributed by atoms with Crippen LogP contribution in [-0.2, 0) is 10.5 Å². The molecule has 2 unspecified atom stereocenters. The maximum atomic E-state index is 10.3. The van der Waals surface area contributed by atoms with Crippen molar-refractivity contribution >= 4 is 0 Å². The van der Waals surface area contributed by atoms with Crippen molar-refractivity contribution in [2.45, 2.75) is 38.0 Å². The Kier molecular flexibility index (Phi) is 4.38. The van der Waals surface area contributed by atoms with Crippen LogP contribution in [0.1, 0.15) is 31.7 Å². The van der Waals surface area contributed by atoms with Crippen molar-refractivity contribution in [3.8, 4) is 0 Å². The quantitative estimate of drug-likeness (QED) is 0.889. The number of benzene rings is 1. The second-order valence-electron chi connectivity index (χ2n) is 4.99. The van der Waals surface area contributed by atoms with E-state index >= 15 is 0 Å². The van der Waals surface area contributed by atoms with Crippen molar-refractivity contribution in [3.05, 3.63) is 35.9 Å². The minimum absolute atomic E-state index is 0.567. The lowest BCUT2D eigenvalue weighted by Crippen LogP contribution is -2.56. The molecule has 0 radical (unpaired) electrons. The molecule has 0 aliphatic carbocycles. The molecule has 2 rings (SSSR count). The van der Waals surface area contributed by atoms with Crippen molar-refractivity contribution < 1.29 is 9.84 Å². The Bertz CT molecular complexity index is 360. The number of likely N-dealkylation sites (tertiary alicyclic amines) is 1. The number of methoxy groups -OCH3 is 1. The Morgan fingerprint density at radius 1 is 1.17 bits per heavy atom. The van der Waals surface area contributed by atoms with Crippen molar-refractivity contribution in [1.82, 2.24) is 4.90 Å². The molecule has 0 saturated carbocycles. The first kappa shape index (κ1) is 13.5. The molecule has 1 saturated heterocycles. The monoisotopic (exact) mass is 249 g/mol. The van der Waals surface area contributed by atoms with Gasteiger partial charge in [-0.05, 0) is 19.8 Å². The van der Waals surface area contributed by atoms with Crippen molar-refractivity contribution in [2.24, 2.45) is 0 Å². The van der Waals surface area contributed by atoms with Crippen LogP contribution >= 0.6 is 0 Å². The number of rotatable bonds is 4. The summed E-state index contributed by atoms with van der Waals surface area (Å²) in [5.41, 5.74) is 0.325. The lowest BCUT2D eigenvalue weighted by atomic mass is 9.93. The molecule has 0 aromatic heterocycles. The van der Waals surface area contributed by atoms with Crippen LogP contribution < -0.4 is 0 Å². The fourth-order valence-electron chi connectivity index (χ4n) is 3.01. The molecule has 100 valence electrons. The van der Waals surface area contributed by atoms with Gasteiger partial charge in [0, 0.05) is 25.8 Å². The third-order valence-electron chi connectivity index (χ3n) is 3.89. The van der Waals surface area contributed by atoms with Crippen molar-refractivity contribution in [1.29, 1.82) is 0 Å². The van der Waals surface area contributed by atoms with Gasteiger partial charge in [-0.3, -0.25) is 4.90 Å². The number of hydrogen-bond acceptors (Lipinski definition) is 3. The molecule has 1 N–H and O–H groups in total. The van der Waals surface area contributed by atoms with Crippen LogP contribution in [0.4, 0.5) is 0 Å². The Hall–Kier alpha value is -0.900. The molecule has 2 atom stereocenters. The lowest BCUT2D eigenvalue weighted by Gasteiger charge is -2.46. The van der Waals surface area contributed by atoms with E-state index in [1.54, 1.807) is 7.11 Å². The molecular formula is C15H23NO2. The minimum Gasteiger partial charge on any atom is -0.389 e. The number of ether oxygens (including phenoxy) is 1. The standard InChI is InChI=1S/C15H23NO2/c1-13(17)15(18-2,14-9-5-3-6-10-14)16-11-7-4-8-12-16/h3,5-6,9-10,13,17H,4,7-8,11-12H2,1-2H3. The molecule has 1 fully saturated rings. The highest BCUT2D eigenvalue weighted by Crippen LogP contribution is 2.35. The minimum atomic E-state index is -0.707. The van der Waals surface area contributed by atoms with Crippen LogP contribution in [0.2, 0.25) is 0 Å². The first-order valence-corrected chi connectivity index (χ1v) is 6.75. The summed E-state index contributed by atoms with van der Waals surface area (Å²) in [6, 6.07) is 10.0. The Morgan fingerprint density at radius 2 is 1.78 bits per heavy atom. The van der Waals surface area contributed by atoms with E-state index < -0.39 is 11.8 Å². The second-order valence-corrected chi connectivity index (χ2v) is 4.99. The first-order valence-electron chi connectivity index (χ1n) is 6.75. The van der Waals surface area contributed by atoms with Gasteiger partial charge in [-0.2, -0.15) is 0 Å². The maximum absolute atomic E-state index is 10.3. The molecule has 1 aliphatic heterocycles. The van der Waals surface area contributed by atoms with Gasteiger partial charge in [0.25, 0.3) is 0 Å². The number of aliphatic hydroxyl groups is 1. The van der Waals surface area contributed by atoms with Gasteiger partial charge in [-0.25, -0.2) is 0 Å². The summed E-state index contributed by atoms with van der Waals surface area (Å²) >= 11 is 0. The van der Waals surface area contributed by atoms with Crippen LogP contribution in [0.15, 0.2) is 30.3 Å². The van der Waals surface area contributed by atoms with E-state index in [9.17, 15) is 5.11 Å². The first-order chi connectivity index (χ1) is 8.71. The van der Waals surface area contributed by atoms with E-state index in [4.69, 9.17) is 4.74 Å².